The lowest BCUT2D eigenvalue weighted by molar-refractivity contribution is 0.102. The first-order valence-corrected chi connectivity index (χ1v) is 12.4. The van der Waals surface area contributed by atoms with Gasteiger partial charge in [-0.05, 0) is 80.7 Å². The number of rotatable bonds is 11. The average molecular weight is 512 g/mol. The number of benzene rings is 2. The van der Waals surface area contributed by atoms with Crippen LogP contribution in [0.15, 0.2) is 73.1 Å². The van der Waals surface area contributed by atoms with E-state index in [1.807, 2.05) is 81.7 Å². The number of pyridine rings is 1. The molecule has 0 radical (unpaired) electrons. The smallest absolute Gasteiger partial charge is 0.255 e. The highest BCUT2D eigenvalue weighted by Gasteiger charge is 2.13. The van der Waals surface area contributed by atoms with E-state index in [4.69, 9.17) is 4.74 Å². The van der Waals surface area contributed by atoms with Gasteiger partial charge in [0.2, 0.25) is 11.8 Å². The van der Waals surface area contributed by atoms with Gasteiger partial charge in [-0.1, -0.05) is 12.1 Å². The van der Waals surface area contributed by atoms with Crippen LogP contribution in [0.25, 0.3) is 11.3 Å². The minimum absolute atomic E-state index is 0.163. The largest absolute Gasteiger partial charge is 0.438 e. The normalized spacial score (nSPS) is 10.9. The van der Waals surface area contributed by atoms with Crippen LogP contribution in [0, 0.1) is 6.92 Å². The summed E-state index contributed by atoms with van der Waals surface area (Å²) in [6.45, 7) is 4.48. The molecule has 9 nitrogen and oxygen atoms in total. The van der Waals surface area contributed by atoms with Crippen LogP contribution < -0.4 is 20.7 Å². The first-order chi connectivity index (χ1) is 18.4. The van der Waals surface area contributed by atoms with Gasteiger partial charge in [0, 0.05) is 50.3 Å². The van der Waals surface area contributed by atoms with E-state index < -0.39 is 0 Å². The number of hydrogen-bond acceptors (Lipinski definition) is 8. The molecular formula is C29H33N7O2. The van der Waals surface area contributed by atoms with Crippen LogP contribution in [0.5, 0.6) is 11.6 Å². The Balaban J connectivity index is 1.44. The fraction of sp³-hybridized carbons (Fsp3) is 0.241. The van der Waals surface area contributed by atoms with Crippen LogP contribution >= 0.6 is 0 Å². The lowest BCUT2D eigenvalue weighted by Crippen LogP contribution is -2.26. The van der Waals surface area contributed by atoms with E-state index in [2.05, 4.69) is 35.8 Å². The zero-order chi connectivity index (χ0) is 26.9. The number of aryl methyl sites for hydroxylation is 1. The quantitative estimate of drug-likeness (QED) is 0.251. The van der Waals surface area contributed by atoms with E-state index in [1.54, 1.807) is 19.4 Å². The second-order valence-corrected chi connectivity index (χ2v) is 9.09. The Morgan fingerprint density at radius 3 is 2.66 bits per heavy atom. The molecule has 0 aliphatic carbocycles. The number of aromatic nitrogens is 3. The molecule has 0 spiro atoms. The van der Waals surface area contributed by atoms with Crippen molar-refractivity contribution in [2.24, 2.45) is 0 Å². The molecule has 0 bridgehead atoms. The van der Waals surface area contributed by atoms with Gasteiger partial charge in [0.1, 0.15) is 5.75 Å². The summed E-state index contributed by atoms with van der Waals surface area (Å²) in [5.74, 6) is 1.42. The maximum atomic E-state index is 12.9. The molecule has 4 aromatic rings. The van der Waals surface area contributed by atoms with Crippen molar-refractivity contribution >= 4 is 17.5 Å². The molecule has 4 rings (SSSR count). The first-order valence-electron chi connectivity index (χ1n) is 12.4. The first kappa shape index (κ1) is 26.7. The Morgan fingerprint density at radius 1 is 1.00 bits per heavy atom. The van der Waals surface area contributed by atoms with Crippen molar-refractivity contribution in [3.05, 3.63) is 89.7 Å². The Labute approximate surface area is 223 Å². The van der Waals surface area contributed by atoms with Crippen molar-refractivity contribution in [2.45, 2.75) is 13.5 Å². The van der Waals surface area contributed by atoms with Crippen LogP contribution in [-0.2, 0) is 6.54 Å². The molecule has 3 N–H and O–H groups in total. The minimum Gasteiger partial charge on any atom is -0.438 e. The third kappa shape index (κ3) is 7.12. The summed E-state index contributed by atoms with van der Waals surface area (Å²) in [6, 6.07) is 18.7. The fourth-order valence-corrected chi connectivity index (χ4v) is 3.80. The summed E-state index contributed by atoms with van der Waals surface area (Å²) >= 11 is 0. The SMILES string of the molecule is CNc1nccc(-c2cccnc2Oc2ccc(NC(=O)c3cccc(CNCCN(C)C)c3)cc2C)n1. The molecule has 2 aromatic heterocycles. The third-order valence-electron chi connectivity index (χ3n) is 5.82. The Bertz CT molecular complexity index is 1390. The summed E-state index contributed by atoms with van der Waals surface area (Å²) in [5, 5.41) is 9.33. The lowest BCUT2D eigenvalue weighted by atomic mass is 10.1. The predicted molar refractivity (Wildman–Crippen MR) is 151 cm³/mol. The number of hydrogen-bond donors (Lipinski definition) is 3. The van der Waals surface area contributed by atoms with Crippen molar-refractivity contribution in [1.29, 1.82) is 0 Å². The van der Waals surface area contributed by atoms with Gasteiger partial charge >= 0.3 is 0 Å². The molecule has 0 atom stereocenters. The zero-order valence-corrected chi connectivity index (χ0v) is 22.2. The van der Waals surface area contributed by atoms with Crippen molar-refractivity contribution in [3.8, 4) is 22.9 Å². The molecule has 38 heavy (non-hydrogen) atoms. The van der Waals surface area contributed by atoms with E-state index in [0.717, 1.165) is 29.8 Å². The van der Waals surface area contributed by atoms with E-state index in [0.29, 0.717) is 41.1 Å². The van der Waals surface area contributed by atoms with Crippen molar-refractivity contribution < 1.29 is 9.53 Å². The molecular weight excluding hydrogens is 478 g/mol. The van der Waals surface area contributed by atoms with Gasteiger partial charge in [0.15, 0.2) is 0 Å². The summed E-state index contributed by atoms with van der Waals surface area (Å²) < 4.78 is 6.18. The van der Waals surface area contributed by atoms with Crippen LogP contribution in [0.1, 0.15) is 21.5 Å². The summed E-state index contributed by atoms with van der Waals surface area (Å²) in [6.07, 6.45) is 3.36. The molecule has 0 fully saturated rings. The van der Waals surface area contributed by atoms with Gasteiger partial charge < -0.3 is 25.6 Å². The zero-order valence-electron chi connectivity index (χ0n) is 22.2. The maximum Gasteiger partial charge on any atom is 0.255 e. The summed E-state index contributed by atoms with van der Waals surface area (Å²) in [5.41, 5.74) is 4.66. The molecule has 0 unspecified atom stereocenters. The Morgan fingerprint density at radius 2 is 1.87 bits per heavy atom. The number of likely N-dealkylation sites (N-methyl/N-ethyl adjacent to an activating group) is 1. The summed E-state index contributed by atoms with van der Waals surface area (Å²) in [7, 11) is 5.86. The monoisotopic (exact) mass is 511 g/mol. The third-order valence-corrected chi connectivity index (χ3v) is 5.82. The number of carbonyl (C=O) groups is 1. The second-order valence-electron chi connectivity index (χ2n) is 9.09. The molecule has 2 aromatic carbocycles. The summed E-state index contributed by atoms with van der Waals surface area (Å²) in [4.78, 5) is 28.1. The number of nitrogens with zero attached hydrogens (tertiary/aromatic N) is 4. The second kappa shape index (κ2) is 12.8. The lowest BCUT2D eigenvalue weighted by Gasteiger charge is -2.13. The standard InChI is InChI=1S/C29H33N7O2/c1-20-17-23(34-27(37)22-8-5-7-21(18-22)19-31-15-16-36(3)4)10-11-26(20)38-28-24(9-6-13-32-28)25-12-14-33-29(30-2)35-25/h5-14,17-18,31H,15-16,19H2,1-4H3,(H,34,37)(H,30,33,35). The molecule has 9 heteroatoms. The molecule has 0 saturated heterocycles. The van der Waals surface area contributed by atoms with Gasteiger partial charge in [-0.3, -0.25) is 4.79 Å². The molecule has 1 amide bonds. The van der Waals surface area contributed by atoms with E-state index >= 15 is 0 Å². The van der Waals surface area contributed by atoms with Crippen molar-refractivity contribution in [2.75, 3.05) is 44.9 Å². The van der Waals surface area contributed by atoms with Crippen LogP contribution in [0.4, 0.5) is 11.6 Å². The highest BCUT2D eigenvalue weighted by atomic mass is 16.5. The Hall–Kier alpha value is -4.34. The van der Waals surface area contributed by atoms with Crippen LogP contribution in [0.3, 0.4) is 0 Å². The highest BCUT2D eigenvalue weighted by Crippen LogP contribution is 2.33. The molecule has 0 aliphatic rings. The Kier molecular flexibility index (Phi) is 8.97. The minimum atomic E-state index is -0.163. The van der Waals surface area contributed by atoms with Crippen molar-refractivity contribution in [1.82, 2.24) is 25.2 Å². The van der Waals surface area contributed by atoms with Crippen molar-refractivity contribution in [3.63, 3.8) is 0 Å². The number of amides is 1. The van der Waals surface area contributed by atoms with E-state index in [9.17, 15) is 4.79 Å². The van der Waals surface area contributed by atoms with Gasteiger partial charge in [0.25, 0.3) is 5.91 Å². The van der Waals surface area contributed by atoms with Gasteiger partial charge in [0.05, 0.1) is 11.3 Å². The highest BCUT2D eigenvalue weighted by molar-refractivity contribution is 6.04. The predicted octanol–water partition coefficient (Wildman–Crippen LogP) is 4.58. The van der Waals surface area contributed by atoms with Gasteiger partial charge in [-0.15, -0.1) is 0 Å². The number of carbonyl (C=O) groups excluding carboxylic acids is 1. The van der Waals surface area contributed by atoms with E-state index in [1.165, 1.54) is 0 Å². The topological polar surface area (TPSA) is 104 Å². The molecule has 196 valence electrons. The average Bonchev–Trinajstić information content (AvgIpc) is 2.93. The van der Waals surface area contributed by atoms with Gasteiger partial charge in [-0.2, -0.15) is 0 Å². The molecule has 0 aliphatic heterocycles. The van der Waals surface area contributed by atoms with Gasteiger partial charge in [-0.25, -0.2) is 15.0 Å². The molecule has 0 saturated carbocycles. The van der Waals surface area contributed by atoms with E-state index in [-0.39, 0.29) is 5.91 Å². The van der Waals surface area contributed by atoms with Crippen LogP contribution in [-0.4, -0.2) is 60.0 Å². The number of ether oxygens (including phenoxy) is 1. The maximum absolute atomic E-state index is 12.9. The molecule has 2 heterocycles. The van der Waals surface area contributed by atoms with Crippen LogP contribution in [0.2, 0.25) is 0 Å². The number of anilines is 2. The number of nitrogens with one attached hydrogen (secondary N) is 3. The fourth-order valence-electron chi connectivity index (χ4n) is 3.80.